The van der Waals surface area contributed by atoms with Crippen LogP contribution in [0.2, 0.25) is 0 Å². The van der Waals surface area contributed by atoms with Crippen LogP contribution in [0.15, 0.2) is 41.8 Å². The van der Waals surface area contributed by atoms with E-state index in [1.807, 2.05) is 17.5 Å². The molecule has 104 valence electrons. The standard InChI is InChI=1S/C14H13NO4S/c16-13(8-12-5-2-6-20-12)15-10-3-1-4-11(7-10)19-9-14(17)18/h1-7H,8-9H2,(H,15,16)(H,17,18). The number of carboxylic acids is 1. The highest BCUT2D eigenvalue weighted by Gasteiger charge is 2.06. The van der Waals surface area contributed by atoms with Gasteiger partial charge in [0.15, 0.2) is 6.61 Å². The number of hydrogen-bond donors (Lipinski definition) is 2. The molecule has 0 aliphatic heterocycles. The van der Waals surface area contributed by atoms with Crippen LogP contribution in [0.25, 0.3) is 0 Å². The van der Waals surface area contributed by atoms with Gasteiger partial charge in [-0.2, -0.15) is 0 Å². The molecule has 1 amide bonds. The normalized spacial score (nSPS) is 10.0. The van der Waals surface area contributed by atoms with E-state index in [0.717, 1.165) is 4.88 Å². The zero-order chi connectivity index (χ0) is 14.4. The smallest absolute Gasteiger partial charge is 0.341 e. The number of hydrogen-bond acceptors (Lipinski definition) is 4. The number of carbonyl (C=O) groups excluding carboxylic acids is 1. The van der Waals surface area contributed by atoms with Crippen LogP contribution in [0.4, 0.5) is 5.69 Å². The summed E-state index contributed by atoms with van der Waals surface area (Å²) in [7, 11) is 0. The highest BCUT2D eigenvalue weighted by molar-refractivity contribution is 7.10. The Morgan fingerprint density at radius 2 is 2.10 bits per heavy atom. The minimum atomic E-state index is -1.04. The lowest BCUT2D eigenvalue weighted by atomic mass is 10.2. The highest BCUT2D eigenvalue weighted by Crippen LogP contribution is 2.18. The maximum absolute atomic E-state index is 11.8. The molecule has 0 atom stereocenters. The van der Waals surface area contributed by atoms with E-state index in [4.69, 9.17) is 9.84 Å². The molecule has 2 aromatic rings. The molecule has 0 saturated heterocycles. The van der Waals surface area contributed by atoms with Gasteiger partial charge in [-0.3, -0.25) is 4.79 Å². The van der Waals surface area contributed by atoms with Gasteiger partial charge in [-0.05, 0) is 23.6 Å². The molecule has 6 heteroatoms. The average molecular weight is 291 g/mol. The van der Waals surface area contributed by atoms with Crippen LogP contribution in [0.3, 0.4) is 0 Å². The number of anilines is 1. The number of rotatable bonds is 6. The molecule has 0 aliphatic rings. The second-order valence-electron chi connectivity index (χ2n) is 4.01. The van der Waals surface area contributed by atoms with Crippen LogP contribution in [-0.2, 0) is 16.0 Å². The molecule has 0 bridgehead atoms. The number of carbonyl (C=O) groups is 2. The molecule has 0 aliphatic carbocycles. The zero-order valence-corrected chi connectivity index (χ0v) is 11.4. The number of amides is 1. The van der Waals surface area contributed by atoms with Gasteiger partial charge in [-0.25, -0.2) is 4.79 Å². The third-order valence-electron chi connectivity index (χ3n) is 2.39. The van der Waals surface area contributed by atoms with Gasteiger partial charge in [0.2, 0.25) is 5.91 Å². The van der Waals surface area contributed by atoms with Gasteiger partial charge in [0.25, 0.3) is 0 Å². The molecule has 0 saturated carbocycles. The van der Waals surface area contributed by atoms with Gasteiger partial charge in [0.05, 0.1) is 6.42 Å². The van der Waals surface area contributed by atoms with Crippen molar-refractivity contribution in [1.29, 1.82) is 0 Å². The molecule has 0 fully saturated rings. The summed E-state index contributed by atoms with van der Waals surface area (Å²) < 4.78 is 5.05. The first-order valence-electron chi connectivity index (χ1n) is 5.90. The predicted octanol–water partition coefficient (Wildman–Crippen LogP) is 2.39. The molecule has 1 aromatic heterocycles. The van der Waals surface area contributed by atoms with Gasteiger partial charge in [-0.15, -0.1) is 11.3 Å². The van der Waals surface area contributed by atoms with Crippen LogP contribution in [0.1, 0.15) is 4.88 Å². The van der Waals surface area contributed by atoms with Crippen LogP contribution >= 0.6 is 11.3 Å². The summed E-state index contributed by atoms with van der Waals surface area (Å²) in [5.41, 5.74) is 0.578. The Morgan fingerprint density at radius 1 is 1.25 bits per heavy atom. The van der Waals surface area contributed by atoms with Crippen molar-refractivity contribution < 1.29 is 19.4 Å². The van der Waals surface area contributed by atoms with E-state index in [-0.39, 0.29) is 5.91 Å². The van der Waals surface area contributed by atoms with Crippen LogP contribution in [0, 0.1) is 0 Å². The van der Waals surface area contributed by atoms with E-state index >= 15 is 0 Å². The van der Waals surface area contributed by atoms with Crippen molar-refractivity contribution in [2.75, 3.05) is 11.9 Å². The lowest BCUT2D eigenvalue weighted by Gasteiger charge is -2.07. The molecular weight excluding hydrogens is 278 g/mol. The molecule has 0 spiro atoms. The second kappa shape index (κ2) is 6.72. The highest BCUT2D eigenvalue weighted by atomic mass is 32.1. The van der Waals surface area contributed by atoms with Crippen molar-refractivity contribution in [2.45, 2.75) is 6.42 Å². The number of carboxylic acid groups (broad SMARTS) is 1. The molecule has 0 radical (unpaired) electrons. The third-order valence-corrected chi connectivity index (χ3v) is 3.27. The number of aliphatic carboxylic acids is 1. The average Bonchev–Trinajstić information content (AvgIpc) is 2.89. The topological polar surface area (TPSA) is 75.6 Å². The van der Waals surface area contributed by atoms with Crippen LogP contribution < -0.4 is 10.1 Å². The van der Waals surface area contributed by atoms with Crippen molar-refractivity contribution in [1.82, 2.24) is 0 Å². The fourth-order valence-corrected chi connectivity index (χ4v) is 2.29. The van der Waals surface area contributed by atoms with Crippen molar-refractivity contribution in [3.8, 4) is 5.75 Å². The Bertz CT molecular complexity index is 595. The lowest BCUT2D eigenvalue weighted by Crippen LogP contribution is -2.14. The molecule has 0 unspecified atom stereocenters. The molecule has 20 heavy (non-hydrogen) atoms. The molecule has 1 heterocycles. The maximum Gasteiger partial charge on any atom is 0.341 e. The number of thiophene rings is 1. The summed E-state index contributed by atoms with van der Waals surface area (Å²) in [6.07, 6.45) is 0.317. The monoisotopic (exact) mass is 291 g/mol. The quantitative estimate of drug-likeness (QED) is 0.857. The Balaban J connectivity index is 1.93. The Kier molecular flexibility index (Phi) is 4.73. The predicted molar refractivity (Wildman–Crippen MR) is 76.2 cm³/mol. The van der Waals surface area contributed by atoms with Crippen molar-refractivity contribution in [3.63, 3.8) is 0 Å². The number of ether oxygens (including phenoxy) is 1. The second-order valence-corrected chi connectivity index (χ2v) is 5.05. The van der Waals surface area contributed by atoms with Gasteiger partial charge in [-0.1, -0.05) is 12.1 Å². The zero-order valence-electron chi connectivity index (χ0n) is 10.5. The Morgan fingerprint density at radius 3 is 2.80 bits per heavy atom. The van der Waals surface area contributed by atoms with Crippen molar-refractivity contribution >= 4 is 28.9 Å². The van der Waals surface area contributed by atoms with Crippen molar-refractivity contribution in [2.24, 2.45) is 0 Å². The molecule has 1 aromatic carbocycles. The Hall–Kier alpha value is -2.34. The summed E-state index contributed by atoms with van der Waals surface area (Å²) >= 11 is 1.53. The summed E-state index contributed by atoms with van der Waals surface area (Å²) in [5, 5.41) is 13.2. The van der Waals surface area contributed by atoms with Gasteiger partial charge < -0.3 is 15.2 Å². The fraction of sp³-hybridized carbons (Fsp3) is 0.143. The summed E-state index contributed by atoms with van der Waals surface area (Å²) in [6, 6.07) is 10.4. The molecule has 5 nitrogen and oxygen atoms in total. The molecule has 2 rings (SSSR count). The summed E-state index contributed by atoms with van der Waals surface area (Å²) in [6.45, 7) is -0.410. The molecular formula is C14H13NO4S. The first kappa shape index (κ1) is 14.1. The summed E-state index contributed by atoms with van der Waals surface area (Å²) in [5.74, 6) is -0.763. The van der Waals surface area contributed by atoms with E-state index in [1.54, 1.807) is 24.3 Å². The SMILES string of the molecule is O=C(O)COc1cccc(NC(=O)Cc2cccs2)c1. The minimum absolute atomic E-state index is 0.122. The number of nitrogens with one attached hydrogen (secondary N) is 1. The first-order chi connectivity index (χ1) is 9.63. The van der Waals surface area contributed by atoms with E-state index in [0.29, 0.717) is 17.9 Å². The van der Waals surface area contributed by atoms with Gasteiger partial charge >= 0.3 is 5.97 Å². The van der Waals surface area contributed by atoms with Crippen LogP contribution in [-0.4, -0.2) is 23.6 Å². The van der Waals surface area contributed by atoms with Crippen LogP contribution in [0.5, 0.6) is 5.75 Å². The van der Waals surface area contributed by atoms with E-state index < -0.39 is 12.6 Å². The van der Waals surface area contributed by atoms with Gasteiger partial charge in [0, 0.05) is 16.6 Å². The largest absolute Gasteiger partial charge is 0.482 e. The summed E-state index contributed by atoms with van der Waals surface area (Å²) in [4.78, 5) is 23.2. The third kappa shape index (κ3) is 4.40. The number of benzene rings is 1. The minimum Gasteiger partial charge on any atom is -0.482 e. The van der Waals surface area contributed by atoms with E-state index in [2.05, 4.69) is 5.32 Å². The molecule has 2 N–H and O–H groups in total. The maximum atomic E-state index is 11.8. The van der Waals surface area contributed by atoms with Gasteiger partial charge in [0.1, 0.15) is 5.75 Å². The van der Waals surface area contributed by atoms with Crippen molar-refractivity contribution in [3.05, 3.63) is 46.7 Å². The fourth-order valence-electron chi connectivity index (χ4n) is 1.59. The Labute approximate surface area is 119 Å². The van der Waals surface area contributed by atoms with E-state index in [9.17, 15) is 9.59 Å². The van der Waals surface area contributed by atoms with E-state index in [1.165, 1.54) is 11.3 Å². The first-order valence-corrected chi connectivity index (χ1v) is 6.78. The lowest BCUT2D eigenvalue weighted by molar-refractivity contribution is -0.139.